The van der Waals surface area contributed by atoms with Gasteiger partial charge in [0.2, 0.25) is 11.8 Å². The lowest BCUT2D eigenvalue weighted by Gasteiger charge is -2.35. The van der Waals surface area contributed by atoms with E-state index >= 15 is 0 Å². The second-order valence-electron chi connectivity index (χ2n) is 7.73. The molecule has 2 fully saturated rings. The summed E-state index contributed by atoms with van der Waals surface area (Å²) in [6.45, 7) is 8.00. The molecule has 5 heteroatoms. The standard InChI is InChI=1S/C22H33N3O2/c1-2-19-5-7-20(8-6-19)9-10-21(26)24-15-17-25(18-16-24)22(27)11-14-23-12-3-4-13-23/h5-8H,2-4,9-18H2,1H3. The Morgan fingerprint density at radius 2 is 1.30 bits per heavy atom. The van der Waals surface area contributed by atoms with E-state index in [0.717, 1.165) is 32.5 Å². The summed E-state index contributed by atoms with van der Waals surface area (Å²) in [5.74, 6) is 0.448. The first-order chi connectivity index (χ1) is 13.2. The molecule has 2 amide bonds. The van der Waals surface area contributed by atoms with Gasteiger partial charge in [0.15, 0.2) is 0 Å². The van der Waals surface area contributed by atoms with E-state index < -0.39 is 0 Å². The van der Waals surface area contributed by atoms with E-state index in [1.807, 2.05) is 9.80 Å². The van der Waals surface area contributed by atoms with Crippen molar-refractivity contribution < 1.29 is 9.59 Å². The maximum absolute atomic E-state index is 12.5. The fourth-order valence-corrected chi connectivity index (χ4v) is 3.97. The summed E-state index contributed by atoms with van der Waals surface area (Å²) in [5.41, 5.74) is 2.55. The van der Waals surface area contributed by atoms with Gasteiger partial charge in [0.1, 0.15) is 0 Å². The zero-order valence-electron chi connectivity index (χ0n) is 16.7. The quantitative estimate of drug-likeness (QED) is 0.739. The molecule has 0 saturated carbocycles. The lowest BCUT2D eigenvalue weighted by Crippen LogP contribution is -2.51. The number of carbonyl (C=O) groups is 2. The van der Waals surface area contributed by atoms with Crippen LogP contribution in [-0.4, -0.2) is 72.3 Å². The molecule has 1 aromatic rings. The Hall–Kier alpha value is -1.88. The predicted octanol–water partition coefficient (Wildman–Crippen LogP) is 2.34. The van der Waals surface area contributed by atoms with Crippen molar-refractivity contribution in [1.82, 2.24) is 14.7 Å². The molecular formula is C22H33N3O2. The third kappa shape index (κ3) is 5.80. The van der Waals surface area contributed by atoms with Gasteiger partial charge >= 0.3 is 0 Å². The molecule has 0 aromatic heterocycles. The van der Waals surface area contributed by atoms with Gasteiger partial charge in [-0.2, -0.15) is 0 Å². The van der Waals surface area contributed by atoms with Crippen LogP contribution in [0.2, 0.25) is 0 Å². The summed E-state index contributed by atoms with van der Waals surface area (Å²) < 4.78 is 0. The number of rotatable bonds is 7. The van der Waals surface area contributed by atoms with Crippen LogP contribution in [0.15, 0.2) is 24.3 Å². The Morgan fingerprint density at radius 3 is 1.85 bits per heavy atom. The van der Waals surface area contributed by atoms with Crippen molar-refractivity contribution >= 4 is 11.8 Å². The molecule has 5 nitrogen and oxygen atoms in total. The molecule has 27 heavy (non-hydrogen) atoms. The monoisotopic (exact) mass is 371 g/mol. The number of carbonyl (C=O) groups excluding carboxylic acids is 2. The predicted molar refractivity (Wildman–Crippen MR) is 108 cm³/mol. The number of aryl methyl sites for hydroxylation is 2. The van der Waals surface area contributed by atoms with Gasteiger partial charge in [-0.05, 0) is 49.9 Å². The molecule has 0 radical (unpaired) electrons. The number of hydrogen-bond donors (Lipinski definition) is 0. The molecule has 0 unspecified atom stereocenters. The van der Waals surface area contributed by atoms with Crippen molar-refractivity contribution in [2.75, 3.05) is 45.8 Å². The van der Waals surface area contributed by atoms with E-state index in [1.165, 1.54) is 24.0 Å². The minimum atomic E-state index is 0.207. The molecule has 1 aromatic carbocycles. The summed E-state index contributed by atoms with van der Waals surface area (Å²) in [7, 11) is 0. The minimum absolute atomic E-state index is 0.207. The van der Waals surface area contributed by atoms with Gasteiger partial charge in [0.25, 0.3) is 0 Å². The second-order valence-corrected chi connectivity index (χ2v) is 7.73. The Kier molecular flexibility index (Phi) is 7.27. The zero-order chi connectivity index (χ0) is 19.1. The molecule has 2 heterocycles. The highest BCUT2D eigenvalue weighted by Crippen LogP contribution is 2.12. The van der Waals surface area contributed by atoms with Crippen LogP contribution in [0.4, 0.5) is 0 Å². The van der Waals surface area contributed by atoms with Crippen molar-refractivity contribution in [2.45, 2.75) is 45.4 Å². The maximum Gasteiger partial charge on any atom is 0.223 e. The van der Waals surface area contributed by atoms with E-state index in [2.05, 4.69) is 36.1 Å². The molecule has 0 atom stereocenters. The van der Waals surface area contributed by atoms with Crippen LogP contribution in [0.1, 0.15) is 43.7 Å². The molecule has 2 aliphatic rings. The number of likely N-dealkylation sites (tertiary alicyclic amines) is 1. The SMILES string of the molecule is CCc1ccc(CCC(=O)N2CCN(C(=O)CCN3CCCC3)CC2)cc1. The third-order valence-electron chi connectivity index (χ3n) is 5.88. The number of nitrogens with zero attached hydrogens (tertiary/aromatic N) is 3. The van der Waals surface area contributed by atoms with Crippen molar-refractivity contribution in [3.05, 3.63) is 35.4 Å². The van der Waals surface area contributed by atoms with Gasteiger partial charge in [-0.1, -0.05) is 31.2 Å². The van der Waals surface area contributed by atoms with Crippen LogP contribution in [0.25, 0.3) is 0 Å². The highest BCUT2D eigenvalue weighted by atomic mass is 16.2. The van der Waals surface area contributed by atoms with Gasteiger partial charge in [-0.15, -0.1) is 0 Å². The van der Waals surface area contributed by atoms with Crippen molar-refractivity contribution in [3.8, 4) is 0 Å². The molecule has 0 aliphatic carbocycles. The molecule has 0 bridgehead atoms. The average molecular weight is 372 g/mol. The summed E-state index contributed by atoms with van der Waals surface area (Å²) in [6.07, 6.45) is 5.52. The van der Waals surface area contributed by atoms with E-state index in [4.69, 9.17) is 0 Å². The Bertz CT molecular complexity index is 615. The summed E-state index contributed by atoms with van der Waals surface area (Å²) >= 11 is 0. The molecule has 148 valence electrons. The lowest BCUT2D eigenvalue weighted by molar-refractivity contribution is -0.139. The van der Waals surface area contributed by atoms with Crippen LogP contribution in [0, 0.1) is 0 Å². The second kappa shape index (κ2) is 9.88. The first-order valence-corrected chi connectivity index (χ1v) is 10.5. The highest BCUT2D eigenvalue weighted by molar-refractivity contribution is 5.78. The number of piperazine rings is 1. The van der Waals surface area contributed by atoms with Crippen molar-refractivity contribution in [2.24, 2.45) is 0 Å². The first-order valence-electron chi connectivity index (χ1n) is 10.5. The van der Waals surface area contributed by atoms with E-state index in [0.29, 0.717) is 39.0 Å². The van der Waals surface area contributed by atoms with Gasteiger partial charge < -0.3 is 14.7 Å². The molecular weight excluding hydrogens is 338 g/mol. The van der Waals surface area contributed by atoms with Crippen LogP contribution >= 0.6 is 0 Å². The summed E-state index contributed by atoms with van der Waals surface area (Å²) in [6, 6.07) is 8.55. The molecule has 2 aliphatic heterocycles. The van der Waals surface area contributed by atoms with Crippen LogP contribution < -0.4 is 0 Å². The number of amides is 2. The largest absolute Gasteiger partial charge is 0.339 e. The lowest BCUT2D eigenvalue weighted by atomic mass is 10.1. The Morgan fingerprint density at radius 1 is 0.778 bits per heavy atom. The normalized spacial score (nSPS) is 18.1. The fraction of sp³-hybridized carbons (Fsp3) is 0.636. The first kappa shape index (κ1) is 19.9. The van der Waals surface area contributed by atoms with Crippen molar-refractivity contribution in [1.29, 1.82) is 0 Å². The van der Waals surface area contributed by atoms with Gasteiger partial charge in [0, 0.05) is 45.6 Å². The molecule has 2 saturated heterocycles. The topological polar surface area (TPSA) is 43.9 Å². The summed E-state index contributed by atoms with van der Waals surface area (Å²) in [5, 5.41) is 0. The van der Waals surface area contributed by atoms with Crippen molar-refractivity contribution in [3.63, 3.8) is 0 Å². The van der Waals surface area contributed by atoms with Gasteiger partial charge in [0.05, 0.1) is 0 Å². The number of hydrogen-bond acceptors (Lipinski definition) is 3. The Labute approximate surface area is 163 Å². The van der Waals surface area contributed by atoms with E-state index in [1.54, 1.807) is 0 Å². The summed E-state index contributed by atoms with van der Waals surface area (Å²) in [4.78, 5) is 31.1. The zero-order valence-corrected chi connectivity index (χ0v) is 16.7. The highest BCUT2D eigenvalue weighted by Gasteiger charge is 2.24. The molecule has 0 N–H and O–H groups in total. The third-order valence-corrected chi connectivity index (χ3v) is 5.88. The average Bonchev–Trinajstić information content (AvgIpc) is 3.24. The van der Waals surface area contributed by atoms with E-state index in [9.17, 15) is 9.59 Å². The van der Waals surface area contributed by atoms with Crippen LogP contribution in [0.3, 0.4) is 0 Å². The number of benzene rings is 1. The smallest absolute Gasteiger partial charge is 0.223 e. The Balaban J connectivity index is 1.36. The van der Waals surface area contributed by atoms with E-state index in [-0.39, 0.29) is 11.8 Å². The maximum atomic E-state index is 12.5. The van der Waals surface area contributed by atoms with Crippen LogP contribution in [0.5, 0.6) is 0 Å². The fourth-order valence-electron chi connectivity index (χ4n) is 3.97. The molecule has 3 rings (SSSR count). The van der Waals surface area contributed by atoms with Gasteiger partial charge in [-0.3, -0.25) is 9.59 Å². The van der Waals surface area contributed by atoms with Crippen LogP contribution in [-0.2, 0) is 22.4 Å². The minimum Gasteiger partial charge on any atom is -0.339 e. The molecule has 0 spiro atoms. The van der Waals surface area contributed by atoms with Gasteiger partial charge in [-0.25, -0.2) is 0 Å².